The maximum atomic E-state index is 13.6. The number of likely N-dealkylation sites (tertiary alicyclic amines) is 1. The first-order valence-electron chi connectivity index (χ1n) is 11.6. The second-order valence-electron chi connectivity index (χ2n) is 8.47. The highest BCUT2D eigenvalue weighted by Gasteiger charge is 2.30. The van der Waals surface area contributed by atoms with Crippen molar-refractivity contribution in [1.82, 2.24) is 4.90 Å². The Kier molecular flexibility index (Phi) is 7.70. The average Bonchev–Trinajstić information content (AvgIpc) is 2.90. The molecule has 0 saturated carbocycles. The molecule has 1 saturated heterocycles. The van der Waals surface area contributed by atoms with E-state index in [-0.39, 0.29) is 11.9 Å². The van der Waals surface area contributed by atoms with E-state index in [0.717, 1.165) is 61.0 Å². The van der Waals surface area contributed by atoms with Crippen molar-refractivity contribution < 1.29 is 19.0 Å². The number of anilines is 1. The van der Waals surface area contributed by atoms with Gasteiger partial charge in [-0.25, -0.2) is 0 Å². The average molecular weight is 461 g/mol. The molecule has 3 aromatic rings. The molecule has 6 heteroatoms. The van der Waals surface area contributed by atoms with E-state index in [2.05, 4.69) is 17.0 Å². The molecule has 0 bridgehead atoms. The number of amides is 1. The third kappa shape index (κ3) is 5.51. The number of benzene rings is 3. The molecule has 0 N–H and O–H groups in total. The van der Waals surface area contributed by atoms with Crippen molar-refractivity contribution in [3.05, 3.63) is 83.9 Å². The second-order valence-corrected chi connectivity index (χ2v) is 8.47. The Bertz CT molecular complexity index is 1060. The molecular formula is C28H32N2O4. The van der Waals surface area contributed by atoms with Crippen molar-refractivity contribution in [2.24, 2.45) is 0 Å². The van der Waals surface area contributed by atoms with Gasteiger partial charge in [-0.15, -0.1) is 0 Å². The highest BCUT2D eigenvalue weighted by Crippen LogP contribution is 2.29. The summed E-state index contributed by atoms with van der Waals surface area (Å²) in [5.41, 5.74) is 2.75. The highest BCUT2D eigenvalue weighted by atomic mass is 16.5. The zero-order valence-corrected chi connectivity index (χ0v) is 20.1. The van der Waals surface area contributed by atoms with E-state index in [1.165, 1.54) is 0 Å². The number of carbonyl (C=O) groups is 1. The van der Waals surface area contributed by atoms with Gasteiger partial charge in [0.05, 0.1) is 21.3 Å². The van der Waals surface area contributed by atoms with Crippen LogP contribution >= 0.6 is 0 Å². The Morgan fingerprint density at radius 1 is 0.824 bits per heavy atom. The Labute approximate surface area is 201 Å². The summed E-state index contributed by atoms with van der Waals surface area (Å²) in [4.78, 5) is 17.9. The predicted octanol–water partition coefficient (Wildman–Crippen LogP) is 5.02. The lowest BCUT2D eigenvalue weighted by atomic mass is 10.00. The van der Waals surface area contributed by atoms with E-state index in [1.54, 1.807) is 21.3 Å². The zero-order valence-electron chi connectivity index (χ0n) is 20.1. The first kappa shape index (κ1) is 23.6. The van der Waals surface area contributed by atoms with Crippen LogP contribution in [0.1, 0.15) is 28.8 Å². The standard InChI is InChI=1S/C28H32N2O4/c1-32-25-11-9-23(10-12-25)30(28(31)22-7-5-4-6-8-22)24-13-15-29(16-14-24)20-21-17-26(33-2)19-27(18-21)34-3/h4-12,17-19,24H,13-16,20H2,1-3H3. The molecule has 1 heterocycles. The molecule has 0 unspecified atom stereocenters. The van der Waals surface area contributed by atoms with Gasteiger partial charge in [0.25, 0.3) is 5.91 Å². The van der Waals surface area contributed by atoms with E-state index < -0.39 is 0 Å². The zero-order chi connectivity index (χ0) is 23.9. The van der Waals surface area contributed by atoms with Crippen molar-refractivity contribution in [1.29, 1.82) is 0 Å². The van der Waals surface area contributed by atoms with Crippen molar-refractivity contribution in [2.45, 2.75) is 25.4 Å². The van der Waals surface area contributed by atoms with Gasteiger partial charge in [-0.3, -0.25) is 9.69 Å². The van der Waals surface area contributed by atoms with Crippen LogP contribution < -0.4 is 19.1 Å². The summed E-state index contributed by atoms with van der Waals surface area (Å²) >= 11 is 0. The lowest BCUT2D eigenvalue weighted by Crippen LogP contribution is -2.47. The molecule has 1 amide bonds. The molecule has 0 aromatic heterocycles. The van der Waals surface area contributed by atoms with Crippen molar-refractivity contribution >= 4 is 11.6 Å². The lowest BCUT2D eigenvalue weighted by molar-refractivity contribution is 0.0958. The lowest BCUT2D eigenvalue weighted by Gasteiger charge is -2.38. The number of hydrogen-bond donors (Lipinski definition) is 0. The molecule has 0 aliphatic carbocycles. The van der Waals surface area contributed by atoms with E-state index in [0.29, 0.717) is 5.56 Å². The Morgan fingerprint density at radius 3 is 1.97 bits per heavy atom. The van der Waals surface area contributed by atoms with Crippen LogP contribution in [0.2, 0.25) is 0 Å². The quantitative estimate of drug-likeness (QED) is 0.472. The fourth-order valence-electron chi connectivity index (χ4n) is 4.51. The van der Waals surface area contributed by atoms with Crippen LogP contribution in [0.25, 0.3) is 0 Å². The largest absolute Gasteiger partial charge is 0.497 e. The van der Waals surface area contributed by atoms with Crippen LogP contribution in [0.4, 0.5) is 5.69 Å². The molecule has 0 radical (unpaired) electrons. The fourth-order valence-corrected chi connectivity index (χ4v) is 4.51. The van der Waals surface area contributed by atoms with Crippen molar-refractivity contribution in [3.8, 4) is 17.2 Å². The number of rotatable bonds is 8. The van der Waals surface area contributed by atoms with Gasteiger partial charge in [-0.2, -0.15) is 0 Å². The van der Waals surface area contributed by atoms with Gasteiger partial charge in [-0.05, 0) is 66.9 Å². The first-order chi connectivity index (χ1) is 16.6. The van der Waals surface area contributed by atoms with Gasteiger partial charge in [-0.1, -0.05) is 18.2 Å². The number of hydrogen-bond acceptors (Lipinski definition) is 5. The minimum absolute atomic E-state index is 0.0294. The molecule has 34 heavy (non-hydrogen) atoms. The maximum Gasteiger partial charge on any atom is 0.258 e. The van der Waals surface area contributed by atoms with Gasteiger partial charge in [0.2, 0.25) is 0 Å². The van der Waals surface area contributed by atoms with Gasteiger partial charge in [0.15, 0.2) is 0 Å². The molecule has 1 aliphatic rings. The fraction of sp³-hybridized carbons (Fsp3) is 0.321. The highest BCUT2D eigenvalue weighted by molar-refractivity contribution is 6.06. The van der Waals surface area contributed by atoms with E-state index in [4.69, 9.17) is 14.2 Å². The van der Waals surface area contributed by atoms with Crippen molar-refractivity contribution in [2.75, 3.05) is 39.3 Å². The smallest absolute Gasteiger partial charge is 0.258 e. The van der Waals surface area contributed by atoms with Crippen LogP contribution in [0.15, 0.2) is 72.8 Å². The van der Waals surface area contributed by atoms with Gasteiger partial charge in [0, 0.05) is 43.0 Å². The minimum Gasteiger partial charge on any atom is -0.497 e. The number of piperidine rings is 1. The van der Waals surface area contributed by atoms with Crippen LogP contribution in [0, 0.1) is 0 Å². The molecule has 0 spiro atoms. The van der Waals surface area contributed by atoms with E-state index >= 15 is 0 Å². The third-order valence-electron chi connectivity index (χ3n) is 6.33. The van der Waals surface area contributed by atoms with Crippen LogP contribution in [0.3, 0.4) is 0 Å². The van der Waals surface area contributed by atoms with Crippen molar-refractivity contribution in [3.63, 3.8) is 0 Å². The van der Waals surface area contributed by atoms with Crippen LogP contribution in [0.5, 0.6) is 17.2 Å². The molecule has 1 aliphatic heterocycles. The van der Waals surface area contributed by atoms with E-state index in [1.807, 2.05) is 65.6 Å². The topological polar surface area (TPSA) is 51.2 Å². The molecule has 3 aromatic carbocycles. The summed E-state index contributed by atoms with van der Waals surface area (Å²) in [7, 11) is 4.98. The van der Waals surface area contributed by atoms with Crippen LogP contribution in [-0.4, -0.2) is 51.3 Å². The SMILES string of the molecule is COc1ccc(N(C(=O)c2ccccc2)C2CCN(Cc3cc(OC)cc(OC)c3)CC2)cc1. The van der Waals surface area contributed by atoms with Gasteiger partial charge < -0.3 is 19.1 Å². The maximum absolute atomic E-state index is 13.6. The third-order valence-corrected chi connectivity index (χ3v) is 6.33. The molecule has 6 nitrogen and oxygen atoms in total. The second kappa shape index (κ2) is 11.1. The monoisotopic (exact) mass is 460 g/mol. The number of methoxy groups -OCH3 is 3. The molecular weight excluding hydrogens is 428 g/mol. The normalized spacial score (nSPS) is 14.4. The summed E-state index contributed by atoms with van der Waals surface area (Å²) in [6.45, 7) is 2.62. The first-order valence-corrected chi connectivity index (χ1v) is 11.6. The molecule has 4 rings (SSSR count). The van der Waals surface area contributed by atoms with E-state index in [9.17, 15) is 4.79 Å². The minimum atomic E-state index is 0.0294. The summed E-state index contributed by atoms with van der Waals surface area (Å²) in [6.07, 6.45) is 1.79. The van der Waals surface area contributed by atoms with Gasteiger partial charge >= 0.3 is 0 Å². The number of carbonyl (C=O) groups excluding carboxylic acids is 1. The number of ether oxygens (including phenoxy) is 3. The summed E-state index contributed by atoms with van der Waals surface area (Å²) in [5.74, 6) is 2.40. The molecule has 0 atom stereocenters. The Hall–Kier alpha value is -3.51. The summed E-state index contributed by atoms with van der Waals surface area (Å²) in [5, 5.41) is 0. The predicted molar refractivity (Wildman–Crippen MR) is 134 cm³/mol. The summed E-state index contributed by atoms with van der Waals surface area (Å²) < 4.78 is 16.1. The van der Waals surface area contributed by atoms with Crippen LogP contribution in [-0.2, 0) is 6.54 Å². The number of nitrogens with zero attached hydrogens (tertiary/aromatic N) is 2. The Morgan fingerprint density at radius 2 is 1.41 bits per heavy atom. The molecule has 178 valence electrons. The molecule has 1 fully saturated rings. The summed E-state index contributed by atoms with van der Waals surface area (Å²) in [6, 6.07) is 23.4. The Balaban J connectivity index is 1.50. The van der Waals surface area contributed by atoms with Gasteiger partial charge in [0.1, 0.15) is 17.2 Å².